The molecule has 0 radical (unpaired) electrons. The molecule has 0 aliphatic heterocycles. The molecule has 0 aliphatic rings. The van der Waals surface area contributed by atoms with Gasteiger partial charge in [0.1, 0.15) is 11.6 Å². The zero-order chi connectivity index (χ0) is 15.9. The Kier molecular flexibility index (Phi) is 6.94. The average Bonchev–Trinajstić information content (AvgIpc) is 2.43. The minimum Gasteiger partial charge on any atom is -0.370 e. The maximum atomic E-state index is 12.8. The lowest BCUT2D eigenvalue weighted by molar-refractivity contribution is -0.137. The fourth-order valence-corrected chi connectivity index (χ4v) is 2.18. The first-order valence-corrected chi connectivity index (χ1v) is 8.27. The molecule has 1 aromatic rings. The van der Waals surface area contributed by atoms with E-state index in [0.29, 0.717) is 24.6 Å². The van der Waals surface area contributed by atoms with Crippen LogP contribution in [0.5, 0.6) is 0 Å². The summed E-state index contributed by atoms with van der Waals surface area (Å²) < 4.78 is 49.8. The molecule has 0 aliphatic carbocycles. The van der Waals surface area contributed by atoms with Gasteiger partial charge in [0.15, 0.2) is 0 Å². The van der Waals surface area contributed by atoms with Gasteiger partial charge in [-0.1, -0.05) is 13.8 Å². The van der Waals surface area contributed by atoms with Crippen molar-refractivity contribution in [1.82, 2.24) is 4.98 Å². The topological polar surface area (TPSA) is 54.0 Å². The van der Waals surface area contributed by atoms with Crippen LogP contribution in [0.15, 0.2) is 12.1 Å². The van der Waals surface area contributed by atoms with Crippen LogP contribution in [0.2, 0.25) is 0 Å². The minimum absolute atomic E-state index is 0.136. The van der Waals surface area contributed by atoms with Crippen molar-refractivity contribution in [2.45, 2.75) is 26.4 Å². The van der Waals surface area contributed by atoms with Gasteiger partial charge in [0, 0.05) is 35.4 Å². The molecule has 0 spiro atoms. The molecule has 1 atom stereocenters. The standard InChI is InChI=1S/C13H20F3N3OS/c1-3-5-17-11-8-10(13(14,15)16)9-12(19-11)18-6-7-21(20)4-2/h8-9H,3-7H2,1-2H3,(H2,17,18,19). The first-order chi connectivity index (χ1) is 9.86. The van der Waals surface area contributed by atoms with E-state index in [-0.39, 0.29) is 11.6 Å². The van der Waals surface area contributed by atoms with Gasteiger partial charge in [0.25, 0.3) is 0 Å². The molecule has 2 N–H and O–H groups in total. The predicted molar refractivity (Wildman–Crippen MR) is 80.1 cm³/mol. The number of hydrogen-bond acceptors (Lipinski definition) is 4. The Morgan fingerprint density at radius 1 is 1.14 bits per heavy atom. The Balaban J connectivity index is 2.83. The Morgan fingerprint density at radius 3 is 2.19 bits per heavy atom. The smallest absolute Gasteiger partial charge is 0.370 e. The van der Waals surface area contributed by atoms with E-state index < -0.39 is 22.5 Å². The normalized spacial score (nSPS) is 13.0. The molecule has 4 nitrogen and oxygen atoms in total. The first-order valence-electron chi connectivity index (χ1n) is 6.78. The Bertz CT molecular complexity index is 480. The number of hydrogen-bond donors (Lipinski definition) is 2. The van der Waals surface area contributed by atoms with E-state index in [0.717, 1.165) is 18.6 Å². The number of alkyl halides is 3. The SMILES string of the molecule is CCCNc1cc(C(F)(F)F)cc(NCCS(=O)CC)n1. The second kappa shape index (κ2) is 8.21. The summed E-state index contributed by atoms with van der Waals surface area (Å²) in [5, 5.41) is 5.64. The van der Waals surface area contributed by atoms with Crippen molar-refractivity contribution >= 4 is 22.4 Å². The summed E-state index contributed by atoms with van der Waals surface area (Å²) in [6.07, 6.45) is -3.63. The third kappa shape index (κ3) is 6.33. The predicted octanol–water partition coefficient (Wildman–Crippen LogP) is 3.10. The molecular formula is C13H20F3N3OS. The number of halogens is 3. The maximum absolute atomic E-state index is 12.8. The summed E-state index contributed by atoms with van der Waals surface area (Å²) in [6, 6.07) is 1.96. The number of rotatable bonds is 8. The molecule has 120 valence electrons. The lowest BCUT2D eigenvalue weighted by Gasteiger charge is -2.13. The highest BCUT2D eigenvalue weighted by molar-refractivity contribution is 7.84. The van der Waals surface area contributed by atoms with Crippen LogP contribution < -0.4 is 10.6 Å². The summed E-state index contributed by atoms with van der Waals surface area (Å²) in [7, 11) is -0.961. The third-order valence-corrected chi connectivity index (χ3v) is 3.97. The number of pyridine rings is 1. The van der Waals surface area contributed by atoms with E-state index in [1.807, 2.05) is 6.92 Å². The van der Waals surface area contributed by atoms with Gasteiger partial charge in [-0.05, 0) is 18.6 Å². The van der Waals surface area contributed by atoms with Crippen LogP contribution in [0, 0.1) is 0 Å². The van der Waals surface area contributed by atoms with E-state index in [9.17, 15) is 17.4 Å². The Labute approximate surface area is 125 Å². The van der Waals surface area contributed by atoms with Gasteiger partial charge < -0.3 is 10.6 Å². The molecule has 0 saturated heterocycles. The van der Waals surface area contributed by atoms with Gasteiger partial charge in [-0.3, -0.25) is 4.21 Å². The first kappa shape index (κ1) is 17.7. The van der Waals surface area contributed by atoms with Crippen LogP contribution >= 0.6 is 0 Å². The quantitative estimate of drug-likeness (QED) is 0.772. The van der Waals surface area contributed by atoms with Gasteiger partial charge >= 0.3 is 6.18 Å². The lowest BCUT2D eigenvalue weighted by atomic mass is 10.2. The van der Waals surface area contributed by atoms with Crippen LogP contribution in [0.1, 0.15) is 25.8 Å². The summed E-state index contributed by atoms with van der Waals surface area (Å²) in [4.78, 5) is 4.09. The average molecular weight is 323 g/mol. The summed E-state index contributed by atoms with van der Waals surface area (Å²) in [6.45, 7) is 4.58. The van der Waals surface area contributed by atoms with Crippen LogP contribution in [0.4, 0.5) is 24.8 Å². The van der Waals surface area contributed by atoms with Crippen LogP contribution in [0.25, 0.3) is 0 Å². The summed E-state index contributed by atoms with van der Waals surface area (Å²) in [5.74, 6) is 1.23. The molecule has 0 amide bonds. The van der Waals surface area contributed by atoms with Crippen molar-refractivity contribution in [3.8, 4) is 0 Å². The van der Waals surface area contributed by atoms with Crippen molar-refractivity contribution in [3.63, 3.8) is 0 Å². The van der Waals surface area contributed by atoms with Crippen molar-refractivity contribution in [2.24, 2.45) is 0 Å². The highest BCUT2D eigenvalue weighted by atomic mass is 32.2. The van der Waals surface area contributed by atoms with Crippen molar-refractivity contribution in [1.29, 1.82) is 0 Å². The largest absolute Gasteiger partial charge is 0.416 e. The number of nitrogens with one attached hydrogen (secondary N) is 2. The minimum atomic E-state index is -4.42. The molecule has 1 rings (SSSR count). The number of anilines is 2. The van der Waals surface area contributed by atoms with Gasteiger partial charge in [0.05, 0.1) is 5.56 Å². The monoisotopic (exact) mass is 323 g/mol. The third-order valence-electron chi connectivity index (χ3n) is 2.67. The second-order valence-corrected chi connectivity index (χ2v) is 6.28. The fraction of sp³-hybridized carbons (Fsp3) is 0.615. The fourth-order valence-electron chi connectivity index (χ4n) is 1.57. The molecule has 8 heteroatoms. The molecule has 1 unspecified atom stereocenters. The van der Waals surface area contributed by atoms with Crippen molar-refractivity contribution < 1.29 is 17.4 Å². The van der Waals surface area contributed by atoms with Gasteiger partial charge in [0.2, 0.25) is 0 Å². The highest BCUT2D eigenvalue weighted by Gasteiger charge is 2.31. The molecule has 1 heterocycles. The van der Waals surface area contributed by atoms with Gasteiger partial charge in [-0.25, -0.2) is 4.98 Å². The number of aromatic nitrogens is 1. The molecule has 0 saturated carbocycles. The Morgan fingerprint density at radius 2 is 1.71 bits per heavy atom. The lowest BCUT2D eigenvalue weighted by Crippen LogP contribution is -2.15. The van der Waals surface area contributed by atoms with Crippen LogP contribution in [0.3, 0.4) is 0 Å². The molecular weight excluding hydrogens is 303 g/mol. The van der Waals surface area contributed by atoms with Crippen LogP contribution in [-0.2, 0) is 17.0 Å². The van der Waals surface area contributed by atoms with Crippen molar-refractivity contribution in [2.75, 3.05) is 35.2 Å². The van der Waals surface area contributed by atoms with E-state index in [1.54, 1.807) is 6.92 Å². The van der Waals surface area contributed by atoms with E-state index >= 15 is 0 Å². The van der Waals surface area contributed by atoms with Gasteiger partial charge in [-0.15, -0.1) is 0 Å². The highest BCUT2D eigenvalue weighted by Crippen LogP contribution is 2.32. The maximum Gasteiger partial charge on any atom is 0.416 e. The summed E-state index contributed by atoms with van der Waals surface area (Å²) >= 11 is 0. The van der Waals surface area contributed by atoms with Crippen LogP contribution in [-0.4, -0.2) is 33.8 Å². The zero-order valence-corrected chi connectivity index (χ0v) is 12.9. The van der Waals surface area contributed by atoms with E-state index in [2.05, 4.69) is 15.6 Å². The molecule has 21 heavy (non-hydrogen) atoms. The number of nitrogens with zero attached hydrogens (tertiary/aromatic N) is 1. The Hall–Kier alpha value is -1.31. The molecule has 1 aromatic heterocycles. The zero-order valence-electron chi connectivity index (χ0n) is 12.1. The molecule has 0 aromatic carbocycles. The molecule has 0 fully saturated rings. The second-order valence-electron chi connectivity index (χ2n) is 4.41. The van der Waals surface area contributed by atoms with Gasteiger partial charge in [-0.2, -0.15) is 13.2 Å². The van der Waals surface area contributed by atoms with Crippen molar-refractivity contribution in [3.05, 3.63) is 17.7 Å². The van der Waals surface area contributed by atoms with E-state index in [1.165, 1.54) is 0 Å². The summed E-state index contributed by atoms with van der Waals surface area (Å²) in [5.41, 5.74) is -0.754. The van der Waals surface area contributed by atoms with E-state index in [4.69, 9.17) is 0 Å². The molecule has 0 bridgehead atoms.